The number of nitrogens with one attached hydrogen (secondary N) is 1. The lowest BCUT2D eigenvalue weighted by atomic mass is 10.0. The predicted molar refractivity (Wildman–Crippen MR) is 185 cm³/mol. The molecule has 0 fully saturated rings. The van der Waals surface area contributed by atoms with Gasteiger partial charge in [-0.15, -0.1) is 0 Å². The van der Waals surface area contributed by atoms with Crippen molar-refractivity contribution in [2.75, 3.05) is 4.90 Å². The average molecular weight is 638 g/mol. The van der Waals surface area contributed by atoms with E-state index in [1.807, 2.05) is 41.5 Å². The molecule has 1 aliphatic heterocycles. The van der Waals surface area contributed by atoms with Crippen molar-refractivity contribution < 1.29 is 9.59 Å². The second-order valence-electron chi connectivity index (χ2n) is 9.37. The summed E-state index contributed by atoms with van der Waals surface area (Å²) in [5, 5.41) is 0. The molecule has 0 amide bonds. The van der Waals surface area contributed by atoms with Gasteiger partial charge in [0, 0.05) is 30.3 Å². The number of carbonyl (C=O) groups excluding carboxylic acids is 2. The number of rotatable bonds is 3. The maximum Gasteiger partial charge on any atom is 0.339 e. The quantitative estimate of drug-likeness (QED) is 0.281. The minimum Gasteiger partial charge on any atom is -0.292 e. The molecule has 0 radical (unpaired) electrons. The molecule has 6 rings (SSSR count). The monoisotopic (exact) mass is 637 g/mol. The van der Waals surface area contributed by atoms with Gasteiger partial charge < -0.3 is 0 Å². The SMILES string of the molecule is CC.CC.CC.Cn1c(=O)c2c(n(C(=O)c3ccccc3)c1=O)N(c1ccccc1)c1[nH]c(=O)n(C(=O)c3ccccc3)c(=O)c1C2. The van der Waals surface area contributed by atoms with Crippen molar-refractivity contribution in [2.24, 2.45) is 7.05 Å². The maximum absolute atomic E-state index is 13.8. The Balaban J connectivity index is 0.000000947. The van der Waals surface area contributed by atoms with Crippen LogP contribution in [0.15, 0.2) is 110 Å². The number of hydrogen-bond donors (Lipinski definition) is 1. The first-order chi connectivity index (χ1) is 22.8. The molecule has 11 nitrogen and oxygen atoms in total. The maximum atomic E-state index is 13.8. The third-order valence-corrected chi connectivity index (χ3v) is 6.95. The minimum absolute atomic E-state index is 0.0319. The fourth-order valence-electron chi connectivity index (χ4n) is 4.96. The van der Waals surface area contributed by atoms with E-state index in [1.54, 1.807) is 66.7 Å². The Morgan fingerprint density at radius 3 is 1.53 bits per heavy atom. The van der Waals surface area contributed by atoms with Crippen molar-refractivity contribution in [2.45, 2.75) is 48.0 Å². The van der Waals surface area contributed by atoms with E-state index < -0.39 is 34.3 Å². The number of carbonyl (C=O) groups is 2. The van der Waals surface area contributed by atoms with Crippen LogP contribution < -0.4 is 27.4 Å². The minimum atomic E-state index is -1.01. The summed E-state index contributed by atoms with van der Waals surface area (Å²) in [5.41, 5.74) is -2.98. The Morgan fingerprint density at radius 1 is 0.596 bits per heavy atom. The van der Waals surface area contributed by atoms with Gasteiger partial charge in [-0.2, -0.15) is 4.57 Å². The van der Waals surface area contributed by atoms with Gasteiger partial charge >= 0.3 is 11.4 Å². The second-order valence-corrected chi connectivity index (χ2v) is 9.37. The van der Waals surface area contributed by atoms with Crippen molar-refractivity contribution in [3.63, 3.8) is 0 Å². The lowest BCUT2D eigenvalue weighted by Gasteiger charge is -2.33. The van der Waals surface area contributed by atoms with Gasteiger partial charge in [0.15, 0.2) is 0 Å². The normalized spacial score (nSPS) is 10.8. The molecule has 0 atom stereocenters. The highest BCUT2D eigenvalue weighted by atomic mass is 16.2. The van der Waals surface area contributed by atoms with E-state index in [4.69, 9.17) is 0 Å². The van der Waals surface area contributed by atoms with Gasteiger partial charge in [-0.05, 0) is 36.4 Å². The van der Waals surface area contributed by atoms with E-state index in [2.05, 4.69) is 4.98 Å². The van der Waals surface area contributed by atoms with Gasteiger partial charge in [0.25, 0.3) is 22.9 Å². The van der Waals surface area contributed by atoms with Gasteiger partial charge in [-0.1, -0.05) is 96.1 Å². The lowest BCUT2D eigenvalue weighted by molar-refractivity contribution is 0.0945. The van der Waals surface area contributed by atoms with Gasteiger partial charge in [0.05, 0.1) is 11.1 Å². The summed E-state index contributed by atoms with van der Waals surface area (Å²) in [6.07, 6.45) is -0.347. The molecule has 47 heavy (non-hydrogen) atoms. The van der Waals surface area contributed by atoms with Crippen LogP contribution >= 0.6 is 0 Å². The van der Waals surface area contributed by atoms with E-state index in [9.17, 15) is 28.8 Å². The zero-order valence-electron chi connectivity index (χ0n) is 27.6. The van der Waals surface area contributed by atoms with E-state index in [-0.39, 0.29) is 40.3 Å². The van der Waals surface area contributed by atoms with Crippen LogP contribution in [-0.4, -0.2) is 30.5 Å². The Hall–Kier alpha value is -5.84. The van der Waals surface area contributed by atoms with Crippen molar-refractivity contribution in [3.05, 3.63) is 155 Å². The van der Waals surface area contributed by atoms with Crippen molar-refractivity contribution >= 4 is 29.1 Å². The molecule has 0 aliphatic carbocycles. The number of nitrogens with zero attached hydrogens (tertiary/aromatic N) is 4. The smallest absolute Gasteiger partial charge is 0.292 e. The highest BCUT2D eigenvalue weighted by molar-refractivity contribution is 5.99. The molecule has 244 valence electrons. The van der Waals surface area contributed by atoms with Crippen LogP contribution in [0.3, 0.4) is 0 Å². The second kappa shape index (κ2) is 15.9. The van der Waals surface area contributed by atoms with Gasteiger partial charge in [-0.25, -0.2) is 14.2 Å². The van der Waals surface area contributed by atoms with Crippen LogP contribution in [0.5, 0.6) is 0 Å². The van der Waals surface area contributed by atoms with Crippen molar-refractivity contribution in [1.82, 2.24) is 18.7 Å². The first kappa shape index (κ1) is 35.6. The third-order valence-electron chi connectivity index (χ3n) is 6.95. The average Bonchev–Trinajstić information content (AvgIpc) is 3.13. The summed E-state index contributed by atoms with van der Waals surface area (Å²) < 4.78 is 2.14. The molecule has 1 N–H and O–H groups in total. The van der Waals surface area contributed by atoms with Gasteiger partial charge in [0.2, 0.25) is 0 Å². The van der Waals surface area contributed by atoms with Crippen LogP contribution in [0.1, 0.15) is 73.4 Å². The summed E-state index contributed by atoms with van der Waals surface area (Å²) >= 11 is 0. The molecule has 0 unspecified atom stereocenters. The van der Waals surface area contributed by atoms with Gasteiger partial charge in [-0.3, -0.25) is 33.6 Å². The number of para-hydroxylation sites is 1. The Morgan fingerprint density at radius 2 is 1.04 bits per heavy atom. The van der Waals surface area contributed by atoms with Crippen LogP contribution in [0.4, 0.5) is 17.3 Å². The number of aromatic amines is 1. The van der Waals surface area contributed by atoms with Crippen molar-refractivity contribution in [3.8, 4) is 0 Å². The van der Waals surface area contributed by atoms with E-state index in [1.165, 1.54) is 36.2 Å². The zero-order valence-corrected chi connectivity index (χ0v) is 27.6. The molecule has 0 saturated carbocycles. The van der Waals surface area contributed by atoms with Crippen molar-refractivity contribution in [1.29, 1.82) is 0 Å². The molecular weight excluding hydrogens is 598 g/mol. The fraction of sp³-hybridized carbons (Fsp3) is 0.222. The molecular formula is C36H39N5O6. The first-order valence-electron chi connectivity index (χ1n) is 15.6. The largest absolute Gasteiger partial charge is 0.339 e. The van der Waals surface area contributed by atoms with E-state index >= 15 is 0 Å². The summed E-state index contributed by atoms with van der Waals surface area (Å²) in [4.78, 5) is 85.0. The summed E-state index contributed by atoms with van der Waals surface area (Å²) in [6.45, 7) is 12.0. The molecule has 0 bridgehead atoms. The van der Waals surface area contributed by atoms with Crippen LogP contribution in [0, 0.1) is 0 Å². The Bertz CT molecular complexity index is 2090. The molecule has 5 aromatic rings. The molecule has 11 heteroatoms. The van der Waals surface area contributed by atoms with Crippen LogP contribution in [-0.2, 0) is 13.5 Å². The van der Waals surface area contributed by atoms with E-state index in [0.717, 1.165) is 9.13 Å². The molecule has 2 aromatic heterocycles. The number of aromatic nitrogens is 4. The molecule has 0 spiro atoms. The van der Waals surface area contributed by atoms with Crippen LogP contribution in [0.25, 0.3) is 0 Å². The Labute approximate surface area is 272 Å². The molecule has 3 heterocycles. The number of hydrogen-bond acceptors (Lipinski definition) is 7. The zero-order chi connectivity index (χ0) is 34.8. The topological polar surface area (TPSA) is 136 Å². The molecule has 1 aliphatic rings. The summed E-state index contributed by atoms with van der Waals surface area (Å²) in [5.74, 6) is -1.71. The fourth-order valence-corrected chi connectivity index (χ4v) is 4.96. The number of fused-ring (bicyclic) bond motifs is 2. The first-order valence-corrected chi connectivity index (χ1v) is 15.6. The van der Waals surface area contributed by atoms with Gasteiger partial charge in [0.1, 0.15) is 11.6 Å². The standard InChI is InChI=1S/C30H21N5O6.3C2H6/c1-32-27(38)22-17-21-23(31-29(40)35(28(21)39)26(37)19-13-7-3-8-14-19)33(20-15-9-4-10-16-20)24(22)34(30(32)41)25(36)18-11-5-2-6-12-18;3*1-2/h2-16H,17H2,1H3,(H,31,40);3*1-2H3. The van der Waals surface area contributed by atoms with E-state index in [0.29, 0.717) is 10.3 Å². The molecule has 0 saturated heterocycles. The third kappa shape index (κ3) is 6.60. The lowest BCUT2D eigenvalue weighted by Crippen LogP contribution is -2.49. The number of H-pyrrole nitrogens is 1. The number of anilines is 3. The predicted octanol–water partition coefficient (Wildman–Crippen LogP) is 5.23. The summed E-state index contributed by atoms with van der Waals surface area (Å²) in [6, 6.07) is 24.3. The highest BCUT2D eigenvalue weighted by Crippen LogP contribution is 2.39. The molecule has 3 aromatic carbocycles. The Kier molecular flexibility index (Phi) is 12.1. The highest BCUT2D eigenvalue weighted by Gasteiger charge is 2.36. The van der Waals surface area contributed by atoms with Crippen LogP contribution in [0.2, 0.25) is 0 Å². The summed E-state index contributed by atoms with van der Waals surface area (Å²) in [7, 11) is 1.24. The number of benzene rings is 3.